The molecule has 2 nitrogen and oxygen atoms in total. The van der Waals surface area contributed by atoms with Gasteiger partial charge in [0.1, 0.15) is 0 Å². The van der Waals surface area contributed by atoms with Crippen LogP contribution in [0.4, 0.5) is 0 Å². The highest BCUT2D eigenvalue weighted by Crippen LogP contribution is 2.28. The van der Waals surface area contributed by atoms with E-state index in [-0.39, 0.29) is 0 Å². The average molecular weight is 258 g/mol. The van der Waals surface area contributed by atoms with E-state index in [0.29, 0.717) is 5.92 Å². The maximum atomic E-state index is 3.58. The van der Waals surface area contributed by atoms with E-state index in [1.807, 2.05) is 0 Å². The lowest BCUT2D eigenvalue weighted by molar-refractivity contribution is 0.192. The van der Waals surface area contributed by atoms with Crippen molar-refractivity contribution in [2.75, 3.05) is 19.6 Å². The van der Waals surface area contributed by atoms with Crippen LogP contribution in [0.2, 0.25) is 0 Å². The number of likely N-dealkylation sites (N-methyl/N-ethyl adjacent to an activating group) is 1. The standard InChI is InChI=1S/C17H26N2/c1-2-19(16-8-4-5-9-16)13-15-12-18-11-14-7-3-6-10-17(14)15/h3,6-7,10,15-16,18H,2,4-5,8-9,11-13H2,1H3. The molecule has 0 bridgehead atoms. The van der Waals surface area contributed by atoms with E-state index >= 15 is 0 Å². The summed E-state index contributed by atoms with van der Waals surface area (Å²) in [6.07, 6.45) is 5.69. The minimum absolute atomic E-state index is 0.672. The molecule has 0 amide bonds. The molecule has 1 heterocycles. The molecule has 104 valence electrons. The SMILES string of the molecule is CCN(CC1CNCc2ccccc21)C1CCCC1. The van der Waals surface area contributed by atoms with Gasteiger partial charge in [0.05, 0.1) is 0 Å². The highest BCUT2D eigenvalue weighted by atomic mass is 15.2. The van der Waals surface area contributed by atoms with Gasteiger partial charge >= 0.3 is 0 Å². The van der Waals surface area contributed by atoms with Gasteiger partial charge in [-0.05, 0) is 30.5 Å². The molecule has 1 N–H and O–H groups in total. The normalized spacial score (nSPS) is 23.8. The summed E-state index contributed by atoms with van der Waals surface area (Å²) in [6, 6.07) is 9.82. The predicted molar refractivity (Wildman–Crippen MR) is 80.4 cm³/mol. The highest BCUT2D eigenvalue weighted by Gasteiger charge is 2.26. The number of fused-ring (bicyclic) bond motifs is 1. The van der Waals surface area contributed by atoms with Gasteiger partial charge in [0.15, 0.2) is 0 Å². The molecule has 0 radical (unpaired) electrons. The first-order valence-corrected chi connectivity index (χ1v) is 7.91. The summed E-state index contributed by atoms with van der Waals surface area (Å²) < 4.78 is 0. The third-order valence-corrected chi connectivity index (χ3v) is 4.90. The summed E-state index contributed by atoms with van der Waals surface area (Å²) in [5.41, 5.74) is 3.08. The van der Waals surface area contributed by atoms with Crippen LogP contribution in [0.1, 0.15) is 49.7 Å². The molecule has 1 aliphatic heterocycles. The summed E-state index contributed by atoms with van der Waals surface area (Å²) in [5.74, 6) is 0.672. The number of rotatable bonds is 4. The third-order valence-electron chi connectivity index (χ3n) is 4.90. The van der Waals surface area contributed by atoms with Gasteiger partial charge < -0.3 is 10.2 Å². The van der Waals surface area contributed by atoms with Crippen molar-refractivity contribution in [2.24, 2.45) is 0 Å². The fourth-order valence-corrected chi connectivity index (χ4v) is 3.84. The lowest BCUT2D eigenvalue weighted by Crippen LogP contribution is -2.40. The number of benzene rings is 1. The quantitative estimate of drug-likeness (QED) is 0.892. The Balaban J connectivity index is 1.72. The topological polar surface area (TPSA) is 15.3 Å². The Kier molecular flexibility index (Phi) is 4.19. The Labute approximate surface area is 117 Å². The Morgan fingerprint density at radius 2 is 2.00 bits per heavy atom. The van der Waals surface area contributed by atoms with Crippen molar-refractivity contribution in [3.8, 4) is 0 Å². The van der Waals surface area contributed by atoms with Crippen molar-refractivity contribution in [1.29, 1.82) is 0 Å². The summed E-state index contributed by atoms with van der Waals surface area (Å²) in [5, 5.41) is 3.58. The molecule has 1 saturated carbocycles. The molecule has 1 fully saturated rings. The van der Waals surface area contributed by atoms with E-state index in [4.69, 9.17) is 0 Å². The fourth-order valence-electron chi connectivity index (χ4n) is 3.84. The fraction of sp³-hybridized carbons (Fsp3) is 0.647. The van der Waals surface area contributed by atoms with Crippen LogP contribution in [0.15, 0.2) is 24.3 Å². The molecule has 0 aromatic heterocycles. The van der Waals surface area contributed by atoms with Crippen LogP contribution in [0.5, 0.6) is 0 Å². The molecule has 1 aromatic carbocycles. The van der Waals surface area contributed by atoms with Crippen molar-refractivity contribution in [3.63, 3.8) is 0 Å². The smallest absolute Gasteiger partial charge is 0.0208 e. The maximum Gasteiger partial charge on any atom is 0.0208 e. The van der Waals surface area contributed by atoms with Crippen LogP contribution in [-0.2, 0) is 6.54 Å². The van der Waals surface area contributed by atoms with Gasteiger partial charge in [0, 0.05) is 31.6 Å². The molecular weight excluding hydrogens is 232 g/mol. The second-order valence-electron chi connectivity index (χ2n) is 6.05. The van der Waals surface area contributed by atoms with E-state index in [1.54, 1.807) is 5.56 Å². The zero-order valence-electron chi connectivity index (χ0n) is 12.1. The number of nitrogens with one attached hydrogen (secondary N) is 1. The second kappa shape index (κ2) is 6.06. The van der Waals surface area contributed by atoms with Crippen LogP contribution in [0, 0.1) is 0 Å². The second-order valence-corrected chi connectivity index (χ2v) is 6.05. The molecule has 2 aliphatic rings. The van der Waals surface area contributed by atoms with Gasteiger partial charge in [-0.3, -0.25) is 0 Å². The largest absolute Gasteiger partial charge is 0.312 e. The lowest BCUT2D eigenvalue weighted by Gasteiger charge is -2.34. The van der Waals surface area contributed by atoms with Crippen molar-refractivity contribution < 1.29 is 0 Å². The number of nitrogens with zero attached hydrogens (tertiary/aromatic N) is 1. The van der Waals surface area contributed by atoms with E-state index in [0.717, 1.165) is 19.1 Å². The number of hydrogen-bond acceptors (Lipinski definition) is 2. The van der Waals surface area contributed by atoms with Crippen LogP contribution in [-0.4, -0.2) is 30.6 Å². The summed E-state index contributed by atoms with van der Waals surface area (Å²) >= 11 is 0. The van der Waals surface area contributed by atoms with Gasteiger partial charge in [-0.15, -0.1) is 0 Å². The van der Waals surface area contributed by atoms with E-state index < -0.39 is 0 Å². The maximum absolute atomic E-state index is 3.58. The molecular formula is C17H26N2. The summed E-state index contributed by atoms with van der Waals surface area (Å²) in [7, 11) is 0. The Morgan fingerprint density at radius 3 is 2.79 bits per heavy atom. The van der Waals surface area contributed by atoms with Crippen molar-refractivity contribution in [3.05, 3.63) is 35.4 Å². The minimum atomic E-state index is 0.672. The predicted octanol–water partition coefficient (Wildman–Crippen LogP) is 3.14. The molecule has 1 unspecified atom stereocenters. The zero-order valence-corrected chi connectivity index (χ0v) is 12.1. The molecule has 1 aliphatic carbocycles. The molecule has 3 rings (SSSR count). The first-order valence-electron chi connectivity index (χ1n) is 7.91. The monoisotopic (exact) mass is 258 g/mol. The Hall–Kier alpha value is -0.860. The van der Waals surface area contributed by atoms with Crippen molar-refractivity contribution >= 4 is 0 Å². The molecule has 1 atom stereocenters. The van der Waals surface area contributed by atoms with E-state index in [1.165, 1.54) is 44.3 Å². The van der Waals surface area contributed by atoms with Crippen LogP contribution < -0.4 is 5.32 Å². The van der Waals surface area contributed by atoms with E-state index in [9.17, 15) is 0 Å². The minimum Gasteiger partial charge on any atom is -0.312 e. The summed E-state index contributed by atoms with van der Waals surface area (Å²) in [6.45, 7) is 6.93. The summed E-state index contributed by atoms with van der Waals surface area (Å²) in [4.78, 5) is 2.72. The zero-order chi connectivity index (χ0) is 13.1. The molecule has 0 saturated heterocycles. The van der Waals surface area contributed by atoms with Crippen LogP contribution in [0.25, 0.3) is 0 Å². The Bertz CT molecular complexity index is 409. The van der Waals surface area contributed by atoms with Gasteiger partial charge in [0.2, 0.25) is 0 Å². The molecule has 1 aromatic rings. The highest BCUT2D eigenvalue weighted by molar-refractivity contribution is 5.33. The third kappa shape index (κ3) is 2.85. The lowest BCUT2D eigenvalue weighted by atomic mass is 9.90. The average Bonchev–Trinajstić information content (AvgIpc) is 2.99. The Morgan fingerprint density at radius 1 is 1.21 bits per heavy atom. The first-order chi connectivity index (χ1) is 9.38. The van der Waals surface area contributed by atoms with E-state index in [2.05, 4.69) is 41.4 Å². The first kappa shape index (κ1) is 13.1. The van der Waals surface area contributed by atoms with Crippen molar-refractivity contribution in [1.82, 2.24) is 10.2 Å². The van der Waals surface area contributed by atoms with Gasteiger partial charge in [-0.25, -0.2) is 0 Å². The molecule has 19 heavy (non-hydrogen) atoms. The van der Waals surface area contributed by atoms with Crippen LogP contribution in [0.3, 0.4) is 0 Å². The molecule has 2 heteroatoms. The van der Waals surface area contributed by atoms with Gasteiger partial charge in [-0.1, -0.05) is 44.0 Å². The number of hydrogen-bond donors (Lipinski definition) is 1. The van der Waals surface area contributed by atoms with Gasteiger partial charge in [-0.2, -0.15) is 0 Å². The van der Waals surface area contributed by atoms with Crippen LogP contribution >= 0.6 is 0 Å². The molecule has 0 spiro atoms. The van der Waals surface area contributed by atoms with Crippen molar-refractivity contribution in [2.45, 2.75) is 51.1 Å². The van der Waals surface area contributed by atoms with Gasteiger partial charge in [0.25, 0.3) is 0 Å².